The number of amides is 2. The van der Waals surface area contributed by atoms with Gasteiger partial charge in [0.2, 0.25) is 11.8 Å². The Morgan fingerprint density at radius 3 is 2.44 bits per heavy atom. The van der Waals surface area contributed by atoms with Gasteiger partial charge in [-0.05, 0) is 43.2 Å². The quantitative estimate of drug-likeness (QED) is 0.891. The monoisotopic (exact) mass is 346 g/mol. The highest BCUT2D eigenvalue weighted by Gasteiger charge is 2.18. The molecule has 0 atom stereocenters. The molecule has 2 aromatic rings. The number of carbonyl (C=O) groups excluding carboxylic acids is 2. The number of halogens is 2. The van der Waals surface area contributed by atoms with Crippen molar-refractivity contribution in [2.24, 2.45) is 0 Å². The van der Waals surface area contributed by atoms with Gasteiger partial charge in [0.1, 0.15) is 11.6 Å². The summed E-state index contributed by atoms with van der Waals surface area (Å²) in [5.74, 6) is -2.28. The second-order valence-corrected chi connectivity index (χ2v) is 5.88. The first-order valence-electron chi connectivity index (χ1n) is 7.88. The van der Waals surface area contributed by atoms with Crippen LogP contribution in [0.15, 0.2) is 36.4 Å². The molecule has 0 aliphatic rings. The van der Waals surface area contributed by atoms with Crippen molar-refractivity contribution in [2.75, 3.05) is 16.8 Å². The largest absolute Gasteiger partial charge is 0.326 e. The predicted octanol–water partition coefficient (Wildman–Crippen LogP) is 3.96. The molecule has 0 fully saturated rings. The van der Waals surface area contributed by atoms with Gasteiger partial charge in [0.05, 0.1) is 5.69 Å². The fourth-order valence-electron chi connectivity index (χ4n) is 2.44. The second-order valence-electron chi connectivity index (χ2n) is 5.88. The molecule has 0 saturated carbocycles. The van der Waals surface area contributed by atoms with E-state index in [1.54, 1.807) is 0 Å². The maximum absolute atomic E-state index is 13.9. The number of rotatable bonds is 5. The predicted molar refractivity (Wildman–Crippen MR) is 93.5 cm³/mol. The standard InChI is InChI=1S/C19H20F2N2O2/c1-12-4-5-13(2)17(10-12)22-19(25)8-9-23(14(3)24)18-7-6-15(20)11-16(18)21/h4-7,10-11H,8-9H2,1-3H3,(H,22,25). The summed E-state index contributed by atoms with van der Waals surface area (Å²) in [6.45, 7) is 5.06. The van der Waals surface area contributed by atoms with Crippen LogP contribution in [-0.2, 0) is 9.59 Å². The van der Waals surface area contributed by atoms with Crippen molar-refractivity contribution in [1.29, 1.82) is 0 Å². The SMILES string of the molecule is CC(=O)N(CCC(=O)Nc1cc(C)ccc1C)c1ccc(F)cc1F. The molecule has 25 heavy (non-hydrogen) atoms. The number of carbonyl (C=O) groups is 2. The third-order valence-electron chi connectivity index (χ3n) is 3.81. The van der Waals surface area contributed by atoms with Gasteiger partial charge < -0.3 is 10.2 Å². The molecule has 0 aliphatic heterocycles. The molecule has 0 spiro atoms. The highest BCUT2D eigenvalue weighted by atomic mass is 19.1. The zero-order chi connectivity index (χ0) is 18.6. The summed E-state index contributed by atoms with van der Waals surface area (Å²) in [4.78, 5) is 25.1. The Balaban J connectivity index is 2.07. The topological polar surface area (TPSA) is 49.4 Å². The van der Waals surface area contributed by atoms with Crippen molar-refractivity contribution in [2.45, 2.75) is 27.2 Å². The van der Waals surface area contributed by atoms with Gasteiger partial charge >= 0.3 is 0 Å². The molecule has 2 aromatic carbocycles. The van der Waals surface area contributed by atoms with E-state index in [0.717, 1.165) is 22.1 Å². The summed E-state index contributed by atoms with van der Waals surface area (Å²) < 4.78 is 26.9. The molecular weight excluding hydrogens is 326 g/mol. The highest BCUT2D eigenvalue weighted by Crippen LogP contribution is 2.21. The minimum atomic E-state index is -0.842. The van der Waals surface area contributed by atoms with Crippen LogP contribution in [0.4, 0.5) is 20.2 Å². The normalized spacial score (nSPS) is 10.4. The molecule has 4 nitrogen and oxygen atoms in total. The van der Waals surface area contributed by atoms with Gasteiger partial charge in [-0.1, -0.05) is 12.1 Å². The van der Waals surface area contributed by atoms with Crippen LogP contribution in [0.1, 0.15) is 24.5 Å². The number of aryl methyl sites for hydroxylation is 2. The van der Waals surface area contributed by atoms with E-state index in [0.29, 0.717) is 11.8 Å². The minimum Gasteiger partial charge on any atom is -0.326 e. The van der Waals surface area contributed by atoms with Gasteiger partial charge in [0.15, 0.2) is 0 Å². The Kier molecular flexibility index (Phi) is 5.85. The van der Waals surface area contributed by atoms with E-state index in [1.807, 2.05) is 32.0 Å². The van der Waals surface area contributed by atoms with Gasteiger partial charge in [-0.15, -0.1) is 0 Å². The van der Waals surface area contributed by atoms with Crippen LogP contribution in [0, 0.1) is 25.5 Å². The number of nitrogens with zero attached hydrogens (tertiary/aromatic N) is 1. The Labute approximate surface area is 145 Å². The molecule has 6 heteroatoms. The molecule has 0 radical (unpaired) electrons. The van der Waals surface area contributed by atoms with E-state index in [2.05, 4.69) is 5.32 Å². The van der Waals surface area contributed by atoms with E-state index in [-0.39, 0.29) is 24.6 Å². The van der Waals surface area contributed by atoms with Gasteiger partial charge in [0.25, 0.3) is 0 Å². The van der Waals surface area contributed by atoms with Crippen LogP contribution in [0.5, 0.6) is 0 Å². The van der Waals surface area contributed by atoms with Crippen molar-refractivity contribution in [3.8, 4) is 0 Å². The van der Waals surface area contributed by atoms with Crippen molar-refractivity contribution in [1.82, 2.24) is 0 Å². The summed E-state index contributed by atoms with van der Waals surface area (Å²) in [7, 11) is 0. The lowest BCUT2D eigenvalue weighted by molar-refractivity contribution is -0.117. The zero-order valence-corrected chi connectivity index (χ0v) is 14.4. The molecule has 0 heterocycles. The first kappa shape index (κ1) is 18.6. The lowest BCUT2D eigenvalue weighted by atomic mass is 10.1. The summed E-state index contributed by atoms with van der Waals surface area (Å²) in [5.41, 5.74) is 2.59. The molecule has 1 N–H and O–H groups in total. The maximum atomic E-state index is 13.9. The number of hydrogen-bond acceptors (Lipinski definition) is 2. The van der Waals surface area contributed by atoms with Crippen LogP contribution in [-0.4, -0.2) is 18.4 Å². The van der Waals surface area contributed by atoms with Crippen LogP contribution in [0.2, 0.25) is 0 Å². The Bertz CT molecular complexity index is 806. The fraction of sp³-hybridized carbons (Fsp3) is 0.263. The van der Waals surface area contributed by atoms with Gasteiger partial charge in [-0.3, -0.25) is 9.59 Å². The van der Waals surface area contributed by atoms with Crippen LogP contribution < -0.4 is 10.2 Å². The van der Waals surface area contributed by atoms with Crippen LogP contribution in [0.3, 0.4) is 0 Å². The van der Waals surface area contributed by atoms with E-state index in [4.69, 9.17) is 0 Å². The van der Waals surface area contributed by atoms with Crippen molar-refractivity contribution >= 4 is 23.2 Å². The molecule has 0 saturated heterocycles. The van der Waals surface area contributed by atoms with E-state index >= 15 is 0 Å². The van der Waals surface area contributed by atoms with Crippen molar-refractivity contribution in [3.05, 3.63) is 59.2 Å². The first-order valence-corrected chi connectivity index (χ1v) is 7.88. The maximum Gasteiger partial charge on any atom is 0.226 e. The molecule has 132 valence electrons. The zero-order valence-electron chi connectivity index (χ0n) is 14.4. The number of benzene rings is 2. The molecule has 0 bridgehead atoms. The summed E-state index contributed by atoms with van der Waals surface area (Å²) in [6, 6.07) is 8.68. The molecular formula is C19H20F2N2O2. The average molecular weight is 346 g/mol. The van der Waals surface area contributed by atoms with E-state index < -0.39 is 17.5 Å². The Morgan fingerprint density at radius 2 is 1.80 bits per heavy atom. The lowest BCUT2D eigenvalue weighted by Gasteiger charge is -2.21. The Hall–Kier alpha value is -2.76. The van der Waals surface area contributed by atoms with E-state index in [1.165, 1.54) is 13.0 Å². The van der Waals surface area contributed by atoms with Crippen LogP contribution in [0.25, 0.3) is 0 Å². The van der Waals surface area contributed by atoms with Gasteiger partial charge in [-0.25, -0.2) is 8.78 Å². The van der Waals surface area contributed by atoms with E-state index in [9.17, 15) is 18.4 Å². The molecule has 0 unspecified atom stereocenters. The second kappa shape index (κ2) is 7.88. The number of hydrogen-bond donors (Lipinski definition) is 1. The average Bonchev–Trinajstić information content (AvgIpc) is 2.52. The smallest absolute Gasteiger partial charge is 0.226 e. The summed E-state index contributed by atoms with van der Waals surface area (Å²) in [6.07, 6.45) is -0.0101. The van der Waals surface area contributed by atoms with Crippen molar-refractivity contribution in [3.63, 3.8) is 0 Å². The molecule has 2 rings (SSSR count). The van der Waals surface area contributed by atoms with Crippen LogP contribution >= 0.6 is 0 Å². The third-order valence-corrected chi connectivity index (χ3v) is 3.81. The fourth-order valence-corrected chi connectivity index (χ4v) is 2.44. The molecule has 0 aliphatic carbocycles. The summed E-state index contributed by atoms with van der Waals surface area (Å²) >= 11 is 0. The minimum absolute atomic E-state index is 0.00537. The first-order chi connectivity index (χ1) is 11.8. The van der Waals surface area contributed by atoms with Crippen molar-refractivity contribution < 1.29 is 18.4 Å². The molecule has 0 aromatic heterocycles. The van der Waals surface area contributed by atoms with Gasteiger partial charge in [0, 0.05) is 31.6 Å². The molecule has 2 amide bonds. The third kappa shape index (κ3) is 4.86. The lowest BCUT2D eigenvalue weighted by Crippen LogP contribution is -2.32. The number of nitrogens with one attached hydrogen (secondary N) is 1. The highest BCUT2D eigenvalue weighted by molar-refractivity contribution is 5.95. The van der Waals surface area contributed by atoms with Gasteiger partial charge in [-0.2, -0.15) is 0 Å². The number of anilines is 2. The Morgan fingerprint density at radius 1 is 1.08 bits per heavy atom. The summed E-state index contributed by atoms with van der Waals surface area (Å²) in [5, 5.41) is 2.79.